The Balaban J connectivity index is 1.49. The van der Waals surface area contributed by atoms with E-state index in [0.29, 0.717) is 11.3 Å². The Morgan fingerprint density at radius 3 is 3.03 bits per heavy atom. The van der Waals surface area contributed by atoms with Crippen molar-refractivity contribution in [2.75, 3.05) is 18.4 Å². The minimum absolute atomic E-state index is 0.0921. The Hall–Kier alpha value is -3.26. The van der Waals surface area contributed by atoms with Crippen molar-refractivity contribution in [1.29, 1.82) is 0 Å². The molecule has 3 heterocycles. The van der Waals surface area contributed by atoms with Gasteiger partial charge in [0.2, 0.25) is 5.76 Å². The van der Waals surface area contributed by atoms with Crippen molar-refractivity contribution in [2.45, 2.75) is 31.3 Å². The van der Waals surface area contributed by atoms with Gasteiger partial charge in [-0.25, -0.2) is 0 Å². The highest BCUT2D eigenvalue weighted by atomic mass is 16.3. The Bertz CT molecular complexity index is 1090. The second kappa shape index (κ2) is 7.29. The molecule has 148 valence electrons. The maximum atomic E-state index is 12.9. The van der Waals surface area contributed by atoms with E-state index in [-0.39, 0.29) is 23.8 Å². The van der Waals surface area contributed by atoms with Crippen LogP contribution in [-0.4, -0.2) is 30.0 Å². The Kier molecular flexibility index (Phi) is 4.48. The van der Waals surface area contributed by atoms with Crippen LogP contribution in [0, 0.1) is 4.91 Å². The summed E-state index contributed by atoms with van der Waals surface area (Å²) < 4.78 is 5.86. The van der Waals surface area contributed by atoms with Crippen LogP contribution in [0.1, 0.15) is 40.6 Å². The number of carbonyl (C=O) groups excluding carboxylic acids is 1. The predicted octanol–water partition coefficient (Wildman–Crippen LogP) is 3.42. The number of nitrogens with zero attached hydrogens (tertiary/aromatic N) is 2. The molecule has 0 saturated carbocycles. The number of furan rings is 1. The van der Waals surface area contributed by atoms with Crippen LogP contribution in [0.15, 0.2) is 46.3 Å². The van der Waals surface area contributed by atoms with E-state index in [2.05, 4.69) is 26.1 Å². The number of fused-ring (bicyclic) bond motifs is 2. The molecule has 1 amide bonds. The van der Waals surface area contributed by atoms with Crippen LogP contribution in [0.3, 0.4) is 0 Å². The number of aromatic nitrogens is 1. The number of benzene rings is 1. The van der Waals surface area contributed by atoms with Crippen molar-refractivity contribution >= 4 is 28.3 Å². The second-order valence-electron chi connectivity index (χ2n) is 7.54. The number of pyridine rings is 1. The summed E-state index contributed by atoms with van der Waals surface area (Å²) in [4.78, 5) is 28.0. The SMILES string of the molecule is O=NC1CCc2cc(Nc3c(C(=O)NC4CCNC4)oc4cnccc34)ccc21. The maximum absolute atomic E-state index is 12.9. The van der Waals surface area contributed by atoms with Gasteiger partial charge in [-0.2, -0.15) is 4.91 Å². The molecule has 1 fully saturated rings. The molecule has 8 heteroatoms. The lowest BCUT2D eigenvalue weighted by atomic mass is 10.1. The average molecular weight is 391 g/mol. The third kappa shape index (κ3) is 3.25. The molecule has 2 unspecified atom stereocenters. The zero-order valence-corrected chi connectivity index (χ0v) is 15.8. The standard InChI is InChI=1S/C21H21N5O3/c27-21(25-14-5-7-22-10-14)20-19(16-6-8-23-11-18(16)29-20)24-13-2-3-15-12(9-13)1-4-17(15)26-28/h2-3,6,8-9,11,14,17,22,24H,1,4-5,7,10H2,(H,25,27). The van der Waals surface area contributed by atoms with Gasteiger partial charge in [0.15, 0.2) is 5.58 Å². The molecule has 1 saturated heterocycles. The topological polar surface area (TPSA) is 109 Å². The summed E-state index contributed by atoms with van der Waals surface area (Å²) in [6.45, 7) is 1.65. The molecule has 2 aromatic heterocycles. The summed E-state index contributed by atoms with van der Waals surface area (Å²) in [5.74, 6) is -0.00314. The van der Waals surface area contributed by atoms with E-state index in [9.17, 15) is 9.70 Å². The molecule has 5 rings (SSSR count). The van der Waals surface area contributed by atoms with Crippen molar-refractivity contribution in [3.8, 4) is 0 Å². The van der Waals surface area contributed by atoms with Gasteiger partial charge in [-0.15, -0.1) is 0 Å². The van der Waals surface area contributed by atoms with Crippen LogP contribution in [0.5, 0.6) is 0 Å². The van der Waals surface area contributed by atoms with Gasteiger partial charge in [0.25, 0.3) is 5.91 Å². The molecule has 1 aliphatic heterocycles. The van der Waals surface area contributed by atoms with Crippen molar-refractivity contribution in [1.82, 2.24) is 15.6 Å². The van der Waals surface area contributed by atoms with Crippen LogP contribution >= 0.6 is 0 Å². The average Bonchev–Trinajstić information content (AvgIpc) is 3.47. The highest BCUT2D eigenvalue weighted by Gasteiger charge is 2.26. The molecule has 2 aliphatic rings. The predicted molar refractivity (Wildman–Crippen MR) is 109 cm³/mol. The highest BCUT2D eigenvalue weighted by molar-refractivity contribution is 6.07. The molecule has 3 N–H and O–H groups in total. The Morgan fingerprint density at radius 1 is 1.28 bits per heavy atom. The van der Waals surface area contributed by atoms with E-state index in [1.807, 2.05) is 24.3 Å². The third-order valence-corrected chi connectivity index (χ3v) is 5.68. The van der Waals surface area contributed by atoms with E-state index >= 15 is 0 Å². The second-order valence-corrected chi connectivity index (χ2v) is 7.54. The lowest BCUT2D eigenvalue weighted by Crippen LogP contribution is -2.36. The number of hydrogen-bond donors (Lipinski definition) is 3. The van der Waals surface area contributed by atoms with Gasteiger partial charge in [-0.05, 0) is 55.1 Å². The lowest BCUT2D eigenvalue weighted by Gasteiger charge is -2.12. The highest BCUT2D eigenvalue weighted by Crippen LogP contribution is 2.38. The quantitative estimate of drug-likeness (QED) is 0.575. The molecule has 3 aromatic rings. The summed E-state index contributed by atoms with van der Waals surface area (Å²) in [5, 5.41) is 13.6. The first-order valence-corrected chi connectivity index (χ1v) is 9.83. The van der Waals surface area contributed by atoms with E-state index in [4.69, 9.17) is 4.42 Å². The molecule has 29 heavy (non-hydrogen) atoms. The summed E-state index contributed by atoms with van der Waals surface area (Å²) in [6, 6.07) is 7.52. The molecule has 0 bridgehead atoms. The fraction of sp³-hybridized carbons (Fsp3) is 0.333. The lowest BCUT2D eigenvalue weighted by molar-refractivity contribution is 0.0915. The normalized spacial score (nSPS) is 20.6. The van der Waals surface area contributed by atoms with Crippen molar-refractivity contribution in [3.05, 3.63) is 58.5 Å². The van der Waals surface area contributed by atoms with E-state index in [1.54, 1.807) is 12.4 Å². The monoisotopic (exact) mass is 391 g/mol. The fourth-order valence-corrected chi connectivity index (χ4v) is 4.19. The minimum Gasteiger partial charge on any atom is -0.447 e. The third-order valence-electron chi connectivity index (χ3n) is 5.68. The van der Waals surface area contributed by atoms with Gasteiger partial charge in [0, 0.05) is 29.9 Å². The van der Waals surface area contributed by atoms with Crippen LogP contribution in [0.2, 0.25) is 0 Å². The molecule has 1 aliphatic carbocycles. The number of nitroso groups, excluding NO2 is 1. The molecule has 8 nitrogen and oxygen atoms in total. The van der Waals surface area contributed by atoms with Gasteiger partial charge in [-0.1, -0.05) is 11.2 Å². The fourth-order valence-electron chi connectivity index (χ4n) is 4.19. The molecular formula is C21H21N5O3. The first-order valence-electron chi connectivity index (χ1n) is 9.83. The van der Waals surface area contributed by atoms with Gasteiger partial charge < -0.3 is 20.4 Å². The smallest absolute Gasteiger partial charge is 0.289 e. The van der Waals surface area contributed by atoms with E-state index < -0.39 is 0 Å². The van der Waals surface area contributed by atoms with E-state index in [0.717, 1.165) is 54.6 Å². The largest absolute Gasteiger partial charge is 0.447 e. The first kappa shape index (κ1) is 17.8. The van der Waals surface area contributed by atoms with Gasteiger partial charge in [-0.3, -0.25) is 9.78 Å². The summed E-state index contributed by atoms with van der Waals surface area (Å²) in [7, 11) is 0. The minimum atomic E-state index is -0.263. The molecule has 0 spiro atoms. The van der Waals surface area contributed by atoms with Gasteiger partial charge >= 0.3 is 0 Å². The number of anilines is 2. The maximum Gasteiger partial charge on any atom is 0.289 e. The summed E-state index contributed by atoms with van der Waals surface area (Å²) >= 11 is 0. The van der Waals surface area contributed by atoms with Crippen LogP contribution < -0.4 is 16.0 Å². The zero-order valence-electron chi connectivity index (χ0n) is 15.8. The number of aryl methyl sites for hydroxylation is 1. The number of hydrogen-bond acceptors (Lipinski definition) is 7. The van der Waals surface area contributed by atoms with Crippen molar-refractivity contribution < 1.29 is 9.21 Å². The van der Waals surface area contributed by atoms with E-state index in [1.165, 1.54) is 0 Å². The van der Waals surface area contributed by atoms with Crippen LogP contribution in [0.4, 0.5) is 11.4 Å². The Morgan fingerprint density at radius 2 is 2.21 bits per heavy atom. The molecule has 1 aromatic carbocycles. The first-order chi connectivity index (χ1) is 14.2. The molecular weight excluding hydrogens is 370 g/mol. The summed E-state index contributed by atoms with van der Waals surface area (Å²) in [6.07, 6.45) is 5.74. The molecule has 0 radical (unpaired) electrons. The number of carbonyl (C=O) groups is 1. The number of rotatable bonds is 5. The van der Waals surface area contributed by atoms with Gasteiger partial charge in [0.1, 0.15) is 6.04 Å². The summed E-state index contributed by atoms with van der Waals surface area (Å²) in [5.41, 5.74) is 4.10. The van der Waals surface area contributed by atoms with Crippen molar-refractivity contribution in [3.63, 3.8) is 0 Å². The Labute approximate surface area is 167 Å². The van der Waals surface area contributed by atoms with Crippen molar-refractivity contribution in [2.24, 2.45) is 5.18 Å². The van der Waals surface area contributed by atoms with Gasteiger partial charge in [0.05, 0.1) is 11.9 Å². The molecule has 2 atom stereocenters. The van der Waals surface area contributed by atoms with Crippen LogP contribution in [-0.2, 0) is 6.42 Å². The zero-order chi connectivity index (χ0) is 19.8. The van der Waals surface area contributed by atoms with Crippen LogP contribution in [0.25, 0.3) is 11.0 Å². The number of nitrogens with one attached hydrogen (secondary N) is 3. The number of amides is 1.